The van der Waals surface area contributed by atoms with E-state index in [4.69, 9.17) is 4.42 Å². The van der Waals surface area contributed by atoms with Crippen LogP contribution < -0.4 is 11.1 Å². The minimum Gasteiger partial charge on any atom is -0.404 e. The number of nitrogens with zero attached hydrogens (tertiary/aromatic N) is 1. The highest BCUT2D eigenvalue weighted by Gasteiger charge is 2.34. The first-order chi connectivity index (χ1) is 7.43. The van der Waals surface area contributed by atoms with Crippen molar-refractivity contribution in [3.8, 4) is 0 Å². The largest absolute Gasteiger partial charge is 0.404 e. The Kier molecular flexibility index (Phi) is 2.81. The Hall–Kier alpha value is -0.850. The number of halogens is 1. The Morgan fingerprint density at radius 2 is 2.25 bits per heavy atom. The van der Waals surface area contributed by atoms with Crippen LogP contribution in [0.25, 0.3) is 0 Å². The van der Waals surface area contributed by atoms with Crippen LogP contribution in [0.2, 0.25) is 0 Å². The summed E-state index contributed by atoms with van der Waals surface area (Å²) in [4.78, 5) is 11.4. The Morgan fingerprint density at radius 3 is 2.81 bits per heavy atom. The Bertz CT molecular complexity index is 484. The molecule has 0 fully saturated rings. The fraction of sp³-hybridized carbons (Fsp3) is 0.500. The van der Waals surface area contributed by atoms with Gasteiger partial charge in [-0.3, -0.25) is 5.43 Å². The topological polar surface area (TPSA) is 65.7 Å². The minimum absolute atomic E-state index is 0.0457. The van der Waals surface area contributed by atoms with Gasteiger partial charge in [0.05, 0.1) is 6.04 Å². The third-order valence-electron chi connectivity index (χ3n) is 2.82. The second kappa shape index (κ2) is 3.87. The van der Waals surface area contributed by atoms with E-state index in [1.165, 1.54) is 0 Å². The van der Waals surface area contributed by atoms with Crippen molar-refractivity contribution in [3.05, 3.63) is 26.0 Å². The maximum Gasteiger partial charge on any atom is 0.352 e. The molecule has 2 unspecified atom stereocenters. The molecule has 6 heteroatoms. The van der Waals surface area contributed by atoms with Crippen LogP contribution in [-0.2, 0) is 0 Å². The summed E-state index contributed by atoms with van der Waals surface area (Å²) in [5, 5.41) is 11.2. The fourth-order valence-corrected chi connectivity index (χ4v) is 2.28. The van der Waals surface area contributed by atoms with Gasteiger partial charge in [0.25, 0.3) is 0 Å². The second-order valence-corrected chi connectivity index (χ2v) is 4.69. The zero-order valence-electron chi connectivity index (χ0n) is 9.24. The van der Waals surface area contributed by atoms with E-state index in [0.29, 0.717) is 10.4 Å². The smallest absolute Gasteiger partial charge is 0.352 e. The van der Waals surface area contributed by atoms with Crippen molar-refractivity contribution in [1.82, 2.24) is 5.01 Å². The van der Waals surface area contributed by atoms with Crippen LogP contribution in [0.3, 0.4) is 0 Å². The molecule has 2 rings (SSSR count). The van der Waals surface area contributed by atoms with Crippen LogP contribution in [0.4, 0.5) is 5.88 Å². The van der Waals surface area contributed by atoms with Gasteiger partial charge in [0.2, 0.25) is 5.88 Å². The molecule has 1 aromatic rings. The van der Waals surface area contributed by atoms with Crippen LogP contribution in [0, 0.1) is 6.92 Å². The summed E-state index contributed by atoms with van der Waals surface area (Å²) < 4.78 is 5.55. The van der Waals surface area contributed by atoms with Crippen LogP contribution in [-0.4, -0.2) is 16.3 Å². The van der Waals surface area contributed by atoms with E-state index in [-0.39, 0.29) is 6.04 Å². The normalized spacial score (nSPS) is 21.7. The Morgan fingerprint density at radius 1 is 1.62 bits per heavy atom. The monoisotopic (exact) mass is 288 g/mol. The summed E-state index contributed by atoms with van der Waals surface area (Å²) in [7, 11) is 0. The lowest BCUT2D eigenvalue weighted by Gasteiger charge is -2.23. The van der Waals surface area contributed by atoms with Crippen molar-refractivity contribution in [1.29, 1.82) is 0 Å². The van der Waals surface area contributed by atoms with Gasteiger partial charge in [0, 0.05) is 5.56 Å². The Labute approximate surface area is 101 Å². The van der Waals surface area contributed by atoms with Crippen LogP contribution in [0.1, 0.15) is 31.0 Å². The van der Waals surface area contributed by atoms with Crippen LogP contribution in [0.5, 0.6) is 0 Å². The molecule has 2 N–H and O–H groups in total. The van der Waals surface area contributed by atoms with E-state index >= 15 is 0 Å². The first kappa shape index (κ1) is 11.6. The van der Waals surface area contributed by atoms with Crippen LogP contribution in [0.15, 0.2) is 13.7 Å². The summed E-state index contributed by atoms with van der Waals surface area (Å²) in [6.45, 7) is 5.44. The second-order valence-electron chi connectivity index (χ2n) is 3.90. The first-order valence-corrected chi connectivity index (χ1v) is 5.79. The SMILES string of the molecule is Cc1c2c(oc(=O)c1Br)NN(C(C)O)C2C. The molecule has 16 heavy (non-hydrogen) atoms. The molecular weight excluding hydrogens is 276 g/mol. The molecular formula is C10H13BrN2O3. The number of hydrogen-bond donors (Lipinski definition) is 2. The van der Waals surface area contributed by atoms with Gasteiger partial charge in [-0.2, -0.15) is 5.01 Å². The molecule has 5 nitrogen and oxygen atoms in total. The van der Waals surface area contributed by atoms with Crippen molar-refractivity contribution in [3.63, 3.8) is 0 Å². The summed E-state index contributed by atoms with van der Waals surface area (Å²) in [5.41, 5.74) is 4.21. The Balaban J connectivity index is 2.57. The van der Waals surface area contributed by atoms with Crippen molar-refractivity contribution in [2.75, 3.05) is 5.43 Å². The molecule has 0 amide bonds. The van der Waals surface area contributed by atoms with Crippen molar-refractivity contribution < 1.29 is 9.52 Å². The zero-order valence-corrected chi connectivity index (χ0v) is 10.8. The average Bonchev–Trinajstić information content (AvgIpc) is 2.52. The van der Waals surface area contributed by atoms with Crippen molar-refractivity contribution in [2.45, 2.75) is 33.0 Å². The van der Waals surface area contributed by atoms with E-state index in [1.807, 2.05) is 13.8 Å². The standard InChI is InChI=1S/C10H13BrN2O3/c1-4-7-5(2)13(6(3)14)12-9(7)16-10(15)8(4)11/h5-6,12,14H,1-3H3. The highest BCUT2D eigenvalue weighted by Crippen LogP contribution is 2.38. The number of aliphatic hydroxyl groups excluding tert-OH is 1. The number of anilines is 1. The molecule has 0 bridgehead atoms. The quantitative estimate of drug-likeness (QED) is 0.824. The first-order valence-electron chi connectivity index (χ1n) is 4.99. The highest BCUT2D eigenvalue weighted by atomic mass is 79.9. The van der Waals surface area contributed by atoms with E-state index < -0.39 is 11.9 Å². The predicted octanol–water partition coefficient (Wildman–Crippen LogP) is 1.75. The summed E-state index contributed by atoms with van der Waals surface area (Å²) >= 11 is 3.20. The van der Waals surface area contributed by atoms with Crippen molar-refractivity contribution >= 4 is 21.8 Å². The molecule has 1 aromatic heterocycles. The van der Waals surface area contributed by atoms with Gasteiger partial charge >= 0.3 is 5.63 Å². The lowest BCUT2D eigenvalue weighted by Crippen LogP contribution is -2.35. The predicted molar refractivity (Wildman–Crippen MR) is 63.0 cm³/mol. The maximum atomic E-state index is 11.4. The third-order valence-corrected chi connectivity index (χ3v) is 3.74. The van der Waals surface area contributed by atoms with Crippen LogP contribution >= 0.6 is 15.9 Å². The van der Waals surface area contributed by atoms with Gasteiger partial charge in [-0.05, 0) is 42.3 Å². The molecule has 2 atom stereocenters. The van der Waals surface area contributed by atoms with E-state index in [1.54, 1.807) is 11.9 Å². The number of fused-ring (bicyclic) bond motifs is 1. The number of rotatable bonds is 1. The number of nitrogens with one attached hydrogen (secondary N) is 1. The average molecular weight is 289 g/mol. The van der Waals surface area contributed by atoms with Gasteiger partial charge in [0.1, 0.15) is 10.7 Å². The van der Waals surface area contributed by atoms with Gasteiger partial charge in [-0.1, -0.05) is 0 Å². The van der Waals surface area contributed by atoms with Gasteiger partial charge < -0.3 is 9.52 Å². The maximum absolute atomic E-state index is 11.4. The summed E-state index contributed by atoms with van der Waals surface area (Å²) in [5.74, 6) is 0.416. The molecule has 0 saturated heterocycles. The zero-order chi connectivity index (χ0) is 12.0. The summed E-state index contributed by atoms with van der Waals surface area (Å²) in [6, 6.07) is -0.0457. The lowest BCUT2D eigenvalue weighted by atomic mass is 10.1. The fourth-order valence-electron chi connectivity index (χ4n) is 1.99. The van der Waals surface area contributed by atoms with Gasteiger partial charge in [-0.15, -0.1) is 0 Å². The molecule has 1 aliphatic heterocycles. The number of hydrogen-bond acceptors (Lipinski definition) is 5. The van der Waals surface area contributed by atoms with Gasteiger partial charge in [-0.25, -0.2) is 4.79 Å². The lowest BCUT2D eigenvalue weighted by molar-refractivity contribution is 0.0183. The highest BCUT2D eigenvalue weighted by molar-refractivity contribution is 9.10. The molecule has 0 spiro atoms. The van der Waals surface area contributed by atoms with Crippen molar-refractivity contribution in [2.24, 2.45) is 0 Å². The number of hydrazine groups is 1. The molecule has 0 aliphatic carbocycles. The molecule has 2 heterocycles. The molecule has 0 radical (unpaired) electrons. The minimum atomic E-state index is -0.661. The summed E-state index contributed by atoms with van der Waals surface area (Å²) in [6.07, 6.45) is -0.661. The molecule has 1 aliphatic rings. The van der Waals surface area contributed by atoms with E-state index in [9.17, 15) is 9.90 Å². The number of aliphatic hydroxyl groups is 1. The van der Waals surface area contributed by atoms with Gasteiger partial charge in [0.15, 0.2) is 0 Å². The molecule has 0 aromatic carbocycles. The van der Waals surface area contributed by atoms with E-state index in [2.05, 4.69) is 21.4 Å². The third kappa shape index (κ3) is 1.57. The molecule has 0 saturated carbocycles. The van der Waals surface area contributed by atoms with E-state index in [0.717, 1.165) is 11.1 Å². The molecule has 88 valence electrons.